The van der Waals surface area contributed by atoms with E-state index >= 15 is 0 Å². The quantitative estimate of drug-likeness (QED) is 0.666. The standard InChI is InChI=1S/C11H21NO3/c1-12(7-3-2-4-8-13)11(14)10-6-5-9-15-10/h10,13H,2-9H2,1H3/t10-/m1/s1. The van der Waals surface area contributed by atoms with Gasteiger partial charge in [0.2, 0.25) is 0 Å². The van der Waals surface area contributed by atoms with Gasteiger partial charge in [0, 0.05) is 26.8 Å². The predicted octanol–water partition coefficient (Wildman–Crippen LogP) is 0.786. The monoisotopic (exact) mass is 215 g/mol. The molecule has 1 atom stereocenters. The van der Waals surface area contributed by atoms with Gasteiger partial charge in [0.1, 0.15) is 6.10 Å². The Morgan fingerprint density at radius 3 is 2.87 bits per heavy atom. The summed E-state index contributed by atoms with van der Waals surface area (Å²) in [5.74, 6) is 0.108. The van der Waals surface area contributed by atoms with E-state index < -0.39 is 0 Å². The van der Waals surface area contributed by atoms with Gasteiger partial charge in [-0.1, -0.05) is 0 Å². The van der Waals surface area contributed by atoms with Crippen LogP contribution < -0.4 is 0 Å². The molecule has 1 N–H and O–H groups in total. The minimum atomic E-state index is -0.201. The van der Waals surface area contributed by atoms with Crippen molar-refractivity contribution in [2.45, 2.75) is 38.2 Å². The number of hydrogen-bond donors (Lipinski definition) is 1. The number of likely N-dealkylation sites (N-methyl/N-ethyl adjacent to an activating group) is 1. The molecule has 0 aliphatic carbocycles. The molecule has 1 heterocycles. The molecule has 4 heteroatoms. The second kappa shape index (κ2) is 6.80. The SMILES string of the molecule is CN(CCCCCO)C(=O)[C@H]1CCCO1. The lowest BCUT2D eigenvalue weighted by Gasteiger charge is -2.20. The normalized spacial score (nSPS) is 20.5. The lowest BCUT2D eigenvalue weighted by Crippen LogP contribution is -2.36. The summed E-state index contributed by atoms with van der Waals surface area (Å²) < 4.78 is 5.33. The summed E-state index contributed by atoms with van der Waals surface area (Å²) in [4.78, 5) is 13.5. The first kappa shape index (κ1) is 12.5. The highest BCUT2D eigenvalue weighted by Gasteiger charge is 2.25. The van der Waals surface area contributed by atoms with E-state index in [0.29, 0.717) is 0 Å². The van der Waals surface area contributed by atoms with E-state index in [1.807, 2.05) is 7.05 Å². The highest BCUT2D eigenvalue weighted by atomic mass is 16.5. The molecule has 15 heavy (non-hydrogen) atoms. The molecular formula is C11H21NO3. The van der Waals surface area contributed by atoms with E-state index in [0.717, 1.165) is 45.3 Å². The van der Waals surface area contributed by atoms with Crippen LogP contribution in [0, 0.1) is 0 Å². The molecule has 0 radical (unpaired) electrons. The van der Waals surface area contributed by atoms with Crippen LogP contribution in [0.5, 0.6) is 0 Å². The summed E-state index contributed by atoms with van der Waals surface area (Å²) in [6, 6.07) is 0. The van der Waals surface area contributed by atoms with E-state index in [-0.39, 0.29) is 18.6 Å². The molecule has 0 saturated carbocycles. The Morgan fingerprint density at radius 2 is 2.27 bits per heavy atom. The predicted molar refractivity (Wildman–Crippen MR) is 57.5 cm³/mol. The second-order valence-corrected chi connectivity index (χ2v) is 4.05. The minimum absolute atomic E-state index is 0.108. The second-order valence-electron chi connectivity index (χ2n) is 4.05. The van der Waals surface area contributed by atoms with Gasteiger partial charge in [-0.2, -0.15) is 0 Å². The Bertz CT molecular complexity index is 190. The van der Waals surface area contributed by atoms with Crippen molar-refractivity contribution < 1.29 is 14.6 Å². The van der Waals surface area contributed by atoms with Crippen molar-refractivity contribution in [1.29, 1.82) is 0 Å². The van der Waals surface area contributed by atoms with Gasteiger partial charge >= 0.3 is 0 Å². The number of amides is 1. The van der Waals surface area contributed by atoms with Crippen molar-refractivity contribution in [2.75, 3.05) is 26.8 Å². The Balaban J connectivity index is 2.14. The van der Waals surface area contributed by atoms with Crippen LogP contribution in [0.4, 0.5) is 0 Å². The minimum Gasteiger partial charge on any atom is -0.396 e. The Labute approximate surface area is 91.2 Å². The zero-order valence-corrected chi connectivity index (χ0v) is 9.45. The fourth-order valence-electron chi connectivity index (χ4n) is 1.77. The van der Waals surface area contributed by atoms with E-state index in [9.17, 15) is 4.79 Å². The number of ether oxygens (including phenoxy) is 1. The van der Waals surface area contributed by atoms with E-state index in [4.69, 9.17) is 9.84 Å². The zero-order valence-electron chi connectivity index (χ0n) is 9.45. The molecule has 1 aliphatic heterocycles. The summed E-state index contributed by atoms with van der Waals surface area (Å²) >= 11 is 0. The van der Waals surface area contributed by atoms with Gasteiger partial charge in [0.05, 0.1) is 0 Å². The third-order valence-corrected chi connectivity index (χ3v) is 2.73. The molecule has 1 amide bonds. The van der Waals surface area contributed by atoms with Gasteiger partial charge in [-0.25, -0.2) is 0 Å². The number of nitrogens with zero attached hydrogens (tertiary/aromatic N) is 1. The number of aliphatic hydroxyl groups is 1. The summed E-state index contributed by atoms with van der Waals surface area (Å²) in [6.07, 6.45) is 4.40. The molecule has 1 saturated heterocycles. The molecule has 0 aromatic heterocycles. The molecule has 0 bridgehead atoms. The van der Waals surface area contributed by atoms with Crippen LogP contribution in [-0.4, -0.2) is 48.8 Å². The van der Waals surface area contributed by atoms with Crippen LogP contribution in [0.15, 0.2) is 0 Å². The summed E-state index contributed by atoms with van der Waals surface area (Å²) in [5, 5.41) is 8.61. The number of rotatable bonds is 6. The molecule has 0 spiro atoms. The maximum absolute atomic E-state index is 11.8. The summed E-state index contributed by atoms with van der Waals surface area (Å²) in [7, 11) is 1.82. The molecule has 88 valence electrons. The lowest BCUT2D eigenvalue weighted by molar-refractivity contribution is -0.139. The average Bonchev–Trinajstić information content (AvgIpc) is 2.76. The van der Waals surface area contributed by atoms with Crippen LogP contribution in [0.3, 0.4) is 0 Å². The Morgan fingerprint density at radius 1 is 1.47 bits per heavy atom. The summed E-state index contributed by atoms with van der Waals surface area (Å²) in [6.45, 7) is 1.72. The zero-order chi connectivity index (χ0) is 11.1. The number of carbonyl (C=O) groups is 1. The van der Waals surface area contributed by atoms with Crippen LogP contribution >= 0.6 is 0 Å². The van der Waals surface area contributed by atoms with Gasteiger partial charge in [0.15, 0.2) is 0 Å². The molecular weight excluding hydrogens is 194 g/mol. The van der Waals surface area contributed by atoms with Crippen molar-refractivity contribution in [3.05, 3.63) is 0 Å². The average molecular weight is 215 g/mol. The maximum atomic E-state index is 11.8. The van der Waals surface area contributed by atoms with Crippen molar-refractivity contribution in [3.63, 3.8) is 0 Å². The van der Waals surface area contributed by atoms with Crippen molar-refractivity contribution in [3.8, 4) is 0 Å². The van der Waals surface area contributed by atoms with Crippen molar-refractivity contribution in [2.24, 2.45) is 0 Å². The highest BCUT2D eigenvalue weighted by molar-refractivity contribution is 5.80. The fourth-order valence-corrected chi connectivity index (χ4v) is 1.77. The third kappa shape index (κ3) is 4.18. The van der Waals surface area contributed by atoms with Crippen molar-refractivity contribution >= 4 is 5.91 Å². The number of carbonyl (C=O) groups excluding carboxylic acids is 1. The van der Waals surface area contributed by atoms with Gasteiger partial charge in [0.25, 0.3) is 5.91 Å². The van der Waals surface area contributed by atoms with Crippen LogP contribution in [0.1, 0.15) is 32.1 Å². The van der Waals surface area contributed by atoms with Crippen LogP contribution in [0.2, 0.25) is 0 Å². The smallest absolute Gasteiger partial charge is 0.251 e. The molecule has 0 aromatic rings. The van der Waals surface area contributed by atoms with Gasteiger partial charge in [-0.3, -0.25) is 4.79 Å². The topological polar surface area (TPSA) is 49.8 Å². The third-order valence-electron chi connectivity index (χ3n) is 2.73. The first-order valence-corrected chi connectivity index (χ1v) is 5.73. The molecule has 1 aliphatic rings. The van der Waals surface area contributed by atoms with E-state index in [1.165, 1.54) is 0 Å². The van der Waals surface area contributed by atoms with E-state index in [2.05, 4.69) is 0 Å². The number of unbranched alkanes of at least 4 members (excludes halogenated alkanes) is 2. The number of hydrogen-bond acceptors (Lipinski definition) is 3. The Kier molecular flexibility index (Phi) is 5.65. The molecule has 0 aromatic carbocycles. The molecule has 1 rings (SSSR count). The van der Waals surface area contributed by atoms with Crippen LogP contribution in [-0.2, 0) is 9.53 Å². The summed E-state index contributed by atoms with van der Waals surface area (Å²) in [5.41, 5.74) is 0. The van der Waals surface area contributed by atoms with E-state index in [1.54, 1.807) is 4.90 Å². The largest absolute Gasteiger partial charge is 0.396 e. The molecule has 1 fully saturated rings. The molecule has 4 nitrogen and oxygen atoms in total. The van der Waals surface area contributed by atoms with Gasteiger partial charge in [-0.15, -0.1) is 0 Å². The van der Waals surface area contributed by atoms with Gasteiger partial charge < -0.3 is 14.7 Å². The lowest BCUT2D eigenvalue weighted by atomic mass is 10.2. The maximum Gasteiger partial charge on any atom is 0.251 e. The van der Waals surface area contributed by atoms with Crippen molar-refractivity contribution in [1.82, 2.24) is 4.90 Å². The van der Waals surface area contributed by atoms with Crippen LogP contribution in [0.25, 0.3) is 0 Å². The first-order valence-electron chi connectivity index (χ1n) is 5.73. The van der Waals surface area contributed by atoms with Gasteiger partial charge in [-0.05, 0) is 32.1 Å². The number of aliphatic hydroxyl groups excluding tert-OH is 1. The highest BCUT2D eigenvalue weighted by Crippen LogP contribution is 2.14. The Hall–Kier alpha value is -0.610. The first-order chi connectivity index (χ1) is 7.25. The fraction of sp³-hybridized carbons (Fsp3) is 0.909. The molecule has 0 unspecified atom stereocenters.